The first-order valence-electron chi connectivity index (χ1n) is 9.82. The summed E-state index contributed by atoms with van der Waals surface area (Å²) in [6.07, 6.45) is 1.74. The number of benzene rings is 2. The third kappa shape index (κ3) is 4.31. The number of piperazine rings is 1. The molecule has 1 aliphatic heterocycles. The third-order valence-corrected chi connectivity index (χ3v) is 5.31. The Morgan fingerprint density at radius 3 is 2.71 bits per heavy atom. The Hall–Kier alpha value is -2.92. The molecule has 144 valence electrons. The van der Waals surface area contributed by atoms with Crippen molar-refractivity contribution in [1.82, 2.24) is 9.88 Å². The highest BCUT2D eigenvalue weighted by molar-refractivity contribution is 5.85. The SMILES string of the molecule is Cc1cccc(C[NH+]2CCN(C(=O)COc3cccc4cccnc34)CC2)c1. The topological polar surface area (TPSA) is 46.9 Å². The lowest BCUT2D eigenvalue weighted by atomic mass is 10.1. The van der Waals surface area contributed by atoms with Crippen molar-refractivity contribution in [2.24, 2.45) is 0 Å². The summed E-state index contributed by atoms with van der Waals surface area (Å²) in [6, 6.07) is 18.4. The average molecular weight is 376 g/mol. The van der Waals surface area contributed by atoms with Gasteiger partial charge in [0.15, 0.2) is 6.61 Å². The Bertz CT molecular complexity index is 959. The predicted octanol–water partition coefficient (Wildman–Crippen LogP) is 1.85. The second-order valence-corrected chi connectivity index (χ2v) is 7.42. The number of hydrogen-bond donors (Lipinski definition) is 1. The molecule has 4 rings (SSSR count). The van der Waals surface area contributed by atoms with E-state index in [1.807, 2.05) is 35.2 Å². The van der Waals surface area contributed by atoms with E-state index in [2.05, 4.69) is 36.2 Å². The molecule has 28 heavy (non-hydrogen) atoms. The lowest BCUT2D eigenvalue weighted by Crippen LogP contribution is -3.13. The summed E-state index contributed by atoms with van der Waals surface area (Å²) in [5.41, 5.74) is 3.46. The van der Waals surface area contributed by atoms with E-state index in [-0.39, 0.29) is 12.5 Å². The fourth-order valence-electron chi connectivity index (χ4n) is 3.78. The van der Waals surface area contributed by atoms with E-state index in [1.54, 1.807) is 6.20 Å². The van der Waals surface area contributed by atoms with Gasteiger partial charge in [-0.3, -0.25) is 9.78 Å². The average Bonchev–Trinajstić information content (AvgIpc) is 2.72. The van der Waals surface area contributed by atoms with Crippen LogP contribution in [0.1, 0.15) is 11.1 Å². The molecule has 1 fully saturated rings. The molecule has 0 radical (unpaired) electrons. The highest BCUT2D eigenvalue weighted by Gasteiger charge is 2.24. The van der Waals surface area contributed by atoms with Crippen LogP contribution in [0.15, 0.2) is 60.8 Å². The normalized spacial score (nSPS) is 15.0. The molecular weight excluding hydrogens is 350 g/mol. The number of carbonyl (C=O) groups excluding carboxylic acids is 1. The molecule has 0 spiro atoms. The molecule has 0 saturated carbocycles. The van der Waals surface area contributed by atoms with Gasteiger partial charge in [-0.1, -0.05) is 48.0 Å². The maximum absolute atomic E-state index is 12.6. The Balaban J connectivity index is 1.29. The van der Waals surface area contributed by atoms with Crippen LogP contribution in [0.25, 0.3) is 10.9 Å². The van der Waals surface area contributed by atoms with Gasteiger partial charge in [-0.05, 0) is 19.1 Å². The molecule has 5 nitrogen and oxygen atoms in total. The lowest BCUT2D eigenvalue weighted by molar-refractivity contribution is -0.917. The summed E-state index contributed by atoms with van der Waals surface area (Å²) >= 11 is 0. The smallest absolute Gasteiger partial charge is 0.260 e. The Morgan fingerprint density at radius 2 is 1.89 bits per heavy atom. The van der Waals surface area contributed by atoms with E-state index in [1.165, 1.54) is 16.0 Å². The molecule has 5 heteroatoms. The molecule has 3 aromatic rings. The number of carbonyl (C=O) groups is 1. The van der Waals surface area contributed by atoms with Crippen LogP contribution in [0.5, 0.6) is 5.75 Å². The summed E-state index contributed by atoms with van der Waals surface area (Å²) in [5, 5.41) is 1.01. The lowest BCUT2D eigenvalue weighted by Gasteiger charge is -2.32. The number of nitrogens with zero attached hydrogens (tertiary/aromatic N) is 2. The number of hydrogen-bond acceptors (Lipinski definition) is 3. The summed E-state index contributed by atoms with van der Waals surface area (Å²) in [7, 11) is 0. The molecule has 2 aromatic carbocycles. The summed E-state index contributed by atoms with van der Waals surface area (Å²) < 4.78 is 5.81. The quantitative estimate of drug-likeness (QED) is 0.739. The van der Waals surface area contributed by atoms with Crippen molar-refractivity contribution in [3.63, 3.8) is 0 Å². The van der Waals surface area contributed by atoms with E-state index in [4.69, 9.17) is 4.74 Å². The second kappa shape index (κ2) is 8.40. The summed E-state index contributed by atoms with van der Waals surface area (Å²) in [6.45, 7) is 6.69. The molecule has 1 aliphatic rings. The van der Waals surface area contributed by atoms with Gasteiger partial charge >= 0.3 is 0 Å². The highest BCUT2D eigenvalue weighted by atomic mass is 16.5. The number of aryl methyl sites for hydroxylation is 1. The molecule has 0 aliphatic carbocycles. The Kier molecular flexibility index (Phi) is 5.53. The van der Waals surface area contributed by atoms with Gasteiger partial charge in [-0.25, -0.2) is 0 Å². The van der Waals surface area contributed by atoms with E-state index in [0.717, 1.165) is 43.6 Å². The molecular formula is C23H26N3O2+. The first-order chi connectivity index (χ1) is 13.7. The third-order valence-electron chi connectivity index (χ3n) is 5.31. The van der Waals surface area contributed by atoms with Crippen molar-refractivity contribution in [3.8, 4) is 5.75 Å². The van der Waals surface area contributed by atoms with Crippen LogP contribution < -0.4 is 9.64 Å². The zero-order chi connectivity index (χ0) is 19.3. The van der Waals surface area contributed by atoms with E-state index < -0.39 is 0 Å². The second-order valence-electron chi connectivity index (χ2n) is 7.42. The van der Waals surface area contributed by atoms with Crippen LogP contribution in [0.3, 0.4) is 0 Å². The number of aromatic nitrogens is 1. The van der Waals surface area contributed by atoms with Crippen molar-refractivity contribution in [2.45, 2.75) is 13.5 Å². The summed E-state index contributed by atoms with van der Waals surface area (Å²) in [5.74, 6) is 0.706. The maximum Gasteiger partial charge on any atom is 0.260 e. The van der Waals surface area contributed by atoms with Crippen LogP contribution >= 0.6 is 0 Å². The standard InChI is InChI=1S/C23H25N3O2/c1-18-5-2-6-19(15-18)16-25-11-13-26(14-12-25)22(27)17-28-21-9-3-7-20-8-4-10-24-23(20)21/h2-10,15H,11-14,16-17H2,1H3/p+1. The van der Waals surface area contributed by atoms with Crippen molar-refractivity contribution >= 4 is 16.8 Å². The van der Waals surface area contributed by atoms with Crippen molar-refractivity contribution in [2.75, 3.05) is 32.8 Å². The Labute approximate surface area is 165 Å². The highest BCUT2D eigenvalue weighted by Crippen LogP contribution is 2.22. The van der Waals surface area contributed by atoms with Crippen LogP contribution in [-0.2, 0) is 11.3 Å². The van der Waals surface area contributed by atoms with Gasteiger partial charge < -0.3 is 14.5 Å². The fourth-order valence-corrected chi connectivity index (χ4v) is 3.78. The number of nitrogens with one attached hydrogen (secondary N) is 1. The number of fused-ring (bicyclic) bond motifs is 1. The molecule has 1 aromatic heterocycles. The van der Waals surface area contributed by atoms with E-state index in [9.17, 15) is 4.79 Å². The number of quaternary nitrogens is 1. The summed E-state index contributed by atoms with van der Waals surface area (Å²) in [4.78, 5) is 20.4. The molecule has 1 amide bonds. The van der Waals surface area contributed by atoms with Gasteiger partial charge in [0.25, 0.3) is 5.91 Å². The van der Waals surface area contributed by atoms with Crippen LogP contribution in [-0.4, -0.2) is 48.6 Å². The number of amides is 1. The maximum atomic E-state index is 12.6. The van der Waals surface area contributed by atoms with Gasteiger partial charge in [0.1, 0.15) is 17.8 Å². The zero-order valence-electron chi connectivity index (χ0n) is 16.2. The number of pyridine rings is 1. The first-order valence-corrected chi connectivity index (χ1v) is 9.82. The minimum atomic E-state index is 0.0440. The molecule has 2 heterocycles. The number of ether oxygens (including phenoxy) is 1. The minimum absolute atomic E-state index is 0.0440. The molecule has 0 atom stereocenters. The van der Waals surface area contributed by atoms with Crippen molar-refractivity contribution in [1.29, 1.82) is 0 Å². The molecule has 1 saturated heterocycles. The van der Waals surface area contributed by atoms with Gasteiger partial charge in [-0.2, -0.15) is 0 Å². The molecule has 0 unspecified atom stereocenters. The first kappa shape index (κ1) is 18.4. The van der Waals surface area contributed by atoms with E-state index >= 15 is 0 Å². The zero-order valence-corrected chi connectivity index (χ0v) is 16.2. The number of rotatable bonds is 5. The fraction of sp³-hybridized carbons (Fsp3) is 0.304. The van der Waals surface area contributed by atoms with Gasteiger partial charge in [0, 0.05) is 17.1 Å². The van der Waals surface area contributed by atoms with Crippen molar-refractivity contribution < 1.29 is 14.4 Å². The number of para-hydroxylation sites is 1. The minimum Gasteiger partial charge on any atom is -0.481 e. The van der Waals surface area contributed by atoms with Gasteiger partial charge in [-0.15, -0.1) is 0 Å². The van der Waals surface area contributed by atoms with Crippen LogP contribution in [0, 0.1) is 6.92 Å². The monoisotopic (exact) mass is 376 g/mol. The van der Waals surface area contributed by atoms with Crippen molar-refractivity contribution in [3.05, 3.63) is 71.9 Å². The predicted molar refractivity (Wildman–Crippen MR) is 109 cm³/mol. The molecule has 0 bridgehead atoms. The largest absolute Gasteiger partial charge is 0.481 e. The van der Waals surface area contributed by atoms with Crippen LogP contribution in [0.2, 0.25) is 0 Å². The van der Waals surface area contributed by atoms with Gasteiger partial charge in [0.2, 0.25) is 0 Å². The molecule has 1 N–H and O–H groups in total. The van der Waals surface area contributed by atoms with Gasteiger partial charge in [0.05, 0.1) is 26.2 Å². The Morgan fingerprint density at radius 1 is 1.11 bits per heavy atom. The van der Waals surface area contributed by atoms with E-state index in [0.29, 0.717) is 5.75 Å². The van der Waals surface area contributed by atoms with Crippen LogP contribution in [0.4, 0.5) is 0 Å².